The van der Waals surface area contributed by atoms with E-state index in [0.29, 0.717) is 5.39 Å². The predicted octanol–water partition coefficient (Wildman–Crippen LogP) is 3.61. The van der Waals surface area contributed by atoms with Crippen LogP contribution in [0.2, 0.25) is 0 Å². The second-order valence-corrected chi connectivity index (χ2v) is 6.95. The van der Waals surface area contributed by atoms with Gasteiger partial charge in [-0.15, -0.1) is 0 Å². The van der Waals surface area contributed by atoms with Gasteiger partial charge in [0.05, 0.1) is 11.6 Å². The van der Waals surface area contributed by atoms with Gasteiger partial charge in [-0.05, 0) is 46.9 Å². The number of carbonyl (C=O) groups excluding carboxylic acids is 1. The Kier molecular flexibility index (Phi) is 3.79. The lowest BCUT2D eigenvalue weighted by Gasteiger charge is -2.09. The van der Waals surface area contributed by atoms with Crippen LogP contribution in [0.5, 0.6) is 0 Å². The number of hydrogen-bond donors (Lipinski definition) is 1. The number of carbonyl (C=O) groups is 1. The van der Waals surface area contributed by atoms with Crippen molar-refractivity contribution in [1.29, 1.82) is 0 Å². The number of amides is 1. The minimum atomic E-state index is -0.277. The van der Waals surface area contributed by atoms with Crippen molar-refractivity contribution in [2.24, 2.45) is 0 Å². The molecule has 0 saturated carbocycles. The van der Waals surface area contributed by atoms with Gasteiger partial charge in [0.2, 0.25) is 5.91 Å². The Morgan fingerprint density at radius 1 is 0.964 bits per heavy atom. The zero-order valence-electron chi connectivity index (χ0n) is 15.1. The summed E-state index contributed by atoms with van der Waals surface area (Å²) in [5, 5.41) is 8.32. The van der Waals surface area contributed by atoms with Gasteiger partial charge in [0.15, 0.2) is 0 Å². The molecule has 0 aliphatic heterocycles. The van der Waals surface area contributed by atoms with Crippen LogP contribution in [0.15, 0.2) is 77.7 Å². The Bertz CT molecular complexity index is 1290. The fraction of sp³-hybridized carbons (Fsp3) is 0.0870. The Morgan fingerprint density at radius 2 is 1.75 bits per heavy atom. The number of anilines is 1. The molecule has 1 amide bonds. The summed E-state index contributed by atoms with van der Waals surface area (Å²) >= 11 is 0. The summed E-state index contributed by atoms with van der Waals surface area (Å²) in [6.07, 6.45) is 2.47. The summed E-state index contributed by atoms with van der Waals surface area (Å²) in [6, 6.07) is 21.5. The fourth-order valence-electron chi connectivity index (χ4n) is 3.80. The largest absolute Gasteiger partial charge is 0.324 e. The van der Waals surface area contributed by atoms with E-state index in [2.05, 4.69) is 22.5 Å². The third-order valence-corrected chi connectivity index (χ3v) is 5.13. The smallest absolute Gasteiger partial charge is 0.275 e. The zero-order chi connectivity index (χ0) is 19.1. The standard InChI is InChI=1S/C23H17N3O2/c27-22(14-26-23(28)21-8-4-2-6-16(21)13-24-26)25-18-9-10-20-17(12-18)11-15-5-1-3-7-19(15)20/h1-10,12-13H,11,14H2,(H,25,27). The van der Waals surface area contributed by atoms with Crippen LogP contribution in [0.25, 0.3) is 21.9 Å². The van der Waals surface area contributed by atoms with E-state index in [0.717, 1.165) is 17.5 Å². The Labute approximate surface area is 161 Å². The summed E-state index contributed by atoms with van der Waals surface area (Å²) in [5.41, 5.74) is 5.42. The topological polar surface area (TPSA) is 64.0 Å². The number of aromatic nitrogens is 2. The van der Waals surface area contributed by atoms with Crippen LogP contribution in [0.1, 0.15) is 11.1 Å². The predicted molar refractivity (Wildman–Crippen MR) is 109 cm³/mol. The molecule has 5 heteroatoms. The van der Waals surface area contributed by atoms with E-state index in [4.69, 9.17) is 0 Å². The van der Waals surface area contributed by atoms with Crippen LogP contribution in [-0.2, 0) is 17.8 Å². The average molecular weight is 367 g/mol. The van der Waals surface area contributed by atoms with E-state index >= 15 is 0 Å². The van der Waals surface area contributed by atoms with Crippen LogP contribution in [0, 0.1) is 0 Å². The van der Waals surface area contributed by atoms with Crippen LogP contribution < -0.4 is 10.9 Å². The minimum Gasteiger partial charge on any atom is -0.324 e. The molecule has 0 spiro atoms. The number of nitrogens with zero attached hydrogens (tertiary/aromatic N) is 2. The van der Waals surface area contributed by atoms with Gasteiger partial charge in [0, 0.05) is 11.1 Å². The van der Waals surface area contributed by atoms with Crippen molar-refractivity contribution >= 4 is 22.4 Å². The molecule has 1 aliphatic rings. The van der Waals surface area contributed by atoms with Crippen molar-refractivity contribution in [3.8, 4) is 11.1 Å². The van der Waals surface area contributed by atoms with Crippen LogP contribution >= 0.6 is 0 Å². The van der Waals surface area contributed by atoms with E-state index < -0.39 is 0 Å². The van der Waals surface area contributed by atoms with Gasteiger partial charge in [-0.1, -0.05) is 48.5 Å². The molecule has 3 aromatic carbocycles. The number of nitrogens with one attached hydrogen (secondary N) is 1. The first-order valence-electron chi connectivity index (χ1n) is 9.15. The third kappa shape index (κ3) is 2.77. The highest BCUT2D eigenvalue weighted by atomic mass is 16.2. The molecule has 28 heavy (non-hydrogen) atoms. The van der Waals surface area contributed by atoms with Gasteiger partial charge >= 0.3 is 0 Å². The Morgan fingerprint density at radius 3 is 2.68 bits per heavy atom. The summed E-state index contributed by atoms with van der Waals surface area (Å²) in [4.78, 5) is 25.0. The molecule has 0 atom stereocenters. The van der Waals surface area contributed by atoms with Gasteiger partial charge in [-0.3, -0.25) is 9.59 Å². The average Bonchev–Trinajstić information content (AvgIpc) is 3.08. The quantitative estimate of drug-likeness (QED) is 0.530. The fourth-order valence-corrected chi connectivity index (χ4v) is 3.80. The first-order chi connectivity index (χ1) is 13.7. The highest BCUT2D eigenvalue weighted by molar-refractivity contribution is 5.92. The number of hydrogen-bond acceptors (Lipinski definition) is 3. The minimum absolute atomic E-state index is 0.124. The van der Waals surface area contributed by atoms with Crippen LogP contribution in [-0.4, -0.2) is 15.7 Å². The Hall–Kier alpha value is -3.73. The molecular weight excluding hydrogens is 350 g/mol. The maximum atomic E-state index is 12.5. The molecule has 5 nitrogen and oxygen atoms in total. The van der Waals surface area contributed by atoms with Crippen LogP contribution in [0.4, 0.5) is 5.69 Å². The Balaban J connectivity index is 1.36. The molecule has 0 radical (unpaired) electrons. The van der Waals surface area contributed by atoms with E-state index in [9.17, 15) is 9.59 Å². The molecule has 5 rings (SSSR count). The summed E-state index contributed by atoms with van der Waals surface area (Å²) in [5.74, 6) is -0.277. The summed E-state index contributed by atoms with van der Waals surface area (Å²) < 4.78 is 1.20. The highest BCUT2D eigenvalue weighted by Gasteiger charge is 2.18. The molecule has 1 N–H and O–H groups in total. The van der Waals surface area contributed by atoms with E-state index in [1.165, 1.54) is 26.9 Å². The van der Waals surface area contributed by atoms with Crippen molar-refractivity contribution < 1.29 is 4.79 Å². The monoisotopic (exact) mass is 367 g/mol. The number of fused-ring (bicyclic) bond motifs is 4. The maximum Gasteiger partial charge on any atom is 0.275 e. The van der Waals surface area contributed by atoms with Crippen molar-refractivity contribution in [2.45, 2.75) is 13.0 Å². The normalized spacial score (nSPS) is 11.9. The number of rotatable bonds is 3. The van der Waals surface area contributed by atoms with Crippen molar-refractivity contribution in [3.63, 3.8) is 0 Å². The molecule has 1 aromatic heterocycles. The summed E-state index contributed by atoms with van der Waals surface area (Å²) in [7, 11) is 0. The van der Waals surface area contributed by atoms with Gasteiger partial charge < -0.3 is 5.32 Å². The van der Waals surface area contributed by atoms with Gasteiger partial charge in [-0.25, -0.2) is 4.68 Å². The first-order valence-corrected chi connectivity index (χ1v) is 9.15. The molecule has 1 heterocycles. The molecule has 0 unspecified atom stereocenters. The third-order valence-electron chi connectivity index (χ3n) is 5.13. The van der Waals surface area contributed by atoms with E-state index in [1.807, 2.05) is 42.5 Å². The summed E-state index contributed by atoms with van der Waals surface area (Å²) in [6.45, 7) is -0.124. The maximum absolute atomic E-state index is 12.5. The van der Waals surface area contributed by atoms with E-state index in [1.54, 1.807) is 18.3 Å². The van der Waals surface area contributed by atoms with Crippen molar-refractivity contribution in [1.82, 2.24) is 9.78 Å². The van der Waals surface area contributed by atoms with Gasteiger partial charge in [0.25, 0.3) is 5.56 Å². The molecule has 4 aromatic rings. The second-order valence-electron chi connectivity index (χ2n) is 6.95. The second kappa shape index (κ2) is 6.46. The number of benzene rings is 3. The molecule has 0 fully saturated rings. The van der Waals surface area contributed by atoms with Gasteiger partial charge in [0.1, 0.15) is 6.54 Å². The lowest BCUT2D eigenvalue weighted by Crippen LogP contribution is -2.29. The lowest BCUT2D eigenvalue weighted by molar-refractivity contribution is -0.117. The zero-order valence-corrected chi connectivity index (χ0v) is 15.1. The first kappa shape index (κ1) is 16.4. The highest BCUT2D eigenvalue weighted by Crippen LogP contribution is 2.37. The SMILES string of the molecule is O=C(Cn1ncc2ccccc2c1=O)Nc1ccc2c(c1)Cc1ccccc1-2. The molecule has 0 bridgehead atoms. The molecule has 0 saturated heterocycles. The van der Waals surface area contributed by atoms with Gasteiger partial charge in [-0.2, -0.15) is 5.10 Å². The molecular formula is C23H17N3O2. The van der Waals surface area contributed by atoms with E-state index in [-0.39, 0.29) is 18.0 Å². The molecule has 136 valence electrons. The van der Waals surface area contributed by atoms with Crippen LogP contribution in [0.3, 0.4) is 0 Å². The lowest BCUT2D eigenvalue weighted by atomic mass is 10.1. The molecule has 1 aliphatic carbocycles. The van der Waals surface area contributed by atoms with Crippen molar-refractivity contribution in [2.75, 3.05) is 5.32 Å². The van der Waals surface area contributed by atoms with Crippen molar-refractivity contribution in [3.05, 3.63) is 94.4 Å².